The number of ether oxygens (including phenoxy) is 2. The van der Waals surface area contributed by atoms with Crippen molar-refractivity contribution in [2.24, 2.45) is 0 Å². The summed E-state index contributed by atoms with van der Waals surface area (Å²) in [4.78, 5) is 25.8. The molecule has 8 nitrogen and oxygen atoms in total. The first-order valence-corrected chi connectivity index (χ1v) is 10.4. The van der Waals surface area contributed by atoms with Crippen LogP contribution in [0.25, 0.3) is 11.3 Å². The lowest BCUT2D eigenvalue weighted by atomic mass is 10.1. The molecule has 4 rings (SSSR count). The fourth-order valence-electron chi connectivity index (χ4n) is 3.33. The van der Waals surface area contributed by atoms with Crippen LogP contribution in [0.3, 0.4) is 0 Å². The van der Waals surface area contributed by atoms with E-state index < -0.39 is 0 Å². The molecule has 1 aromatic heterocycles. The van der Waals surface area contributed by atoms with Crippen molar-refractivity contribution in [2.45, 2.75) is 6.92 Å². The van der Waals surface area contributed by atoms with E-state index in [1.165, 1.54) is 6.92 Å². The lowest BCUT2D eigenvalue weighted by Gasteiger charge is -2.27. The van der Waals surface area contributed by atoms with Gasteiger partial charge in [0.15, 0.2) is 18.2 Å². The monoisotopic (exact) mass is 432 g/mol. The van der Waals surface area contributed by atoms with Gasteiger partial charge in [-0.25, -0.2) is 0 Å². The number of morpholine rings is 1. The van der Waals surface area contributed by atoms with Crippen molar-refractivity contribution in [3.05, 3.63) is 66.2 Å². The molecule has 8 heteroatoms. The van der Waals surface area contributed by atoms with E-state index >= 15 is 0 Å². The van der Waals surface area contributed by atoms with E-state index in [9.17, 15) is 9.59 Å². The zero-order valence-electron chi connectivity index (χ0n) is 17.8. The highest BCUT2D eigenvalue weighted by atomic mass is 16.5. The molecule has 0 radical (unpaired) electrons. The van der Waals surface area contributed by atoms with E-state index in [0.29, 0.717) is 30.2 Å². The zero-order valence-corrected chi connectivity index (χ0v) is 17.8. The molecule has 1 saturated heterocycles. The van der Waals surface area contributed by atoms with Gasteiger partial charge in [-0.15, -0.1) is 10.2 Å². The van der Waals surface area contributed by atoms with Crippen LogP contribution < -0.4 is 15.0 Å². The van der Waals surface area contributed by atoms with Gasteiger partial charge in [0.2, 0.25) is 0 Å². The number of benzene rings is 2. The van der Waals surface area contributed by atoms with Gasteiger partial charge in [0.05, 0.1) is 18.9 Å². The molecule has 1 aliphatic heterocycles. The van der Waals surface area contributed by atoms with Crippen LogP contribution in [0.5, 0.6) is 5.75 Å². The topological polar surface area (TPSA) is 93.7 Å². The Bertz CT molecular complexity index is 1080. The number of Topliss-reactive ketones (excluding diaryl/α,β-unsaturated/α-hetero) is 1. The molecule has 0 aliphatic carbocycles. The Kier molecular flexibility index (Phi) is 6.72. The molecule has 0 atom stereocenters. The number of hydrogen-bond donors (Lipinski definition) is 1. The summed E-state index contributed by atoms with van der Waals surface area (Å²) in [6.07, 6.45) is 0. The smallest absolute Gasteiger partial charge is 0.262 e. The van der Waals surface area contributed by atoms with Gasteiger partial charge in [0.1, 0.15) is 5.75 Å². The number of nitrogens with zero attached hydrogens (tertiary/aromatic N) is 3. The lowest BCUT2D eigenvalue weighted by molar-refractivity contribution is -0.118. The second-order valence-corrected chi connectivity index (χ2v) is 7.37. The summed E-state index contributed by atoms with van der Waals surface area (Å²) in [6.45, 7) is 4.35. The molecule has 0 unspecified atom stereocenters. The summed E-state index contributed by atoms with van der Waals surface area (Å²) in [5, 5.41) is 11.5. The molecule has 1 amide bonds. The standard InChI is InChI=1S/C24H24N4O4/c1-17(29)18-5-7-21(8-6-18)32-16-24(30)25-20-4-2-3-19(15-20)22-9-10-23(27-26-22)28-11-13-31-14-12-28/h2-10,15H,11-14,16H2,1H3,(H,25,30). The van der Waals surface area contributed by atoms with Crippen LogP contribution in [0.2, 0.25) is 0 Å². The second-order valence-electron chi connectivity index (χ2n) is 7.37. The maximum atomic E-state index is 12.3. The van der Waals surface area contributed by atoms with Gasteiger partial charge in [-0.3, -0.25) is 9.59 Å². The van der Waals surface area contributed by atoms with Gasteiger partial charge in [-0.1, -0.05) is 12.1 Å². The van der Waals surface area contributed by atoms with Crippen LogP contribution in [0.4, 0.5) is 11.5 Å². The van der Waals surface area contributed by atoms with E-state index in [1.54, 1.807) is 30.3 Å². The third kappa shape index (κ3) is 5.47. The molecule has 1 fully saturated rings. The fourth-order valence-corrected chi connectivity index (χ4v) is 3.33. The van der Waals surface area contributed by atoms with Crippen molar-refractivity contribution in [3.63, 3.8) is 0 Å². The number of anilines is 2. The molecule has 3 aromatic rings. The van der Waals surface area contributed by atoms with Crippen molar-refractivity contribution in [3.8, 4) is 17.0 Å². The highest BCUT2D eigenvalue weighted by Gasteiger charge is 2.13. The Morgan fingerprint density at radius 1 is 1.03 bits per heavy atom. The number of carbonyl (C=O) groups excluding carboxylic acids is 2. The molecule has 0 bridgehead atoms. The lowest BCUT2D eigenvalue weighted by Crippen LogP contribution is -2.36. The molecule has 2 aromatic carbocycles. The minimum absolute atomic E-state index is 0.0189. The number of nitrogens with one attached hydrogen (secondary N) is 1. The number of amides is 1. The Balaban J connectivity index is 1.35. The third-order valence-corrected chi connectivity index (χ3v) is 5.06. The molecule has 2 heterocycles. The van der Waals surface area contributed by atoms with Gasteiger partial charge in [-0.2, -0.15) is 0 Å². The summed E-state index contributed by atoms with van der Waals surface area (Å²) in [5.41, 5.74) is 2.81. The van der Waals surface area contributed by atoms with Crippen LogP contribution in [-0.4, -0.2) is 54.8 Å². The van der Waals surface area contributed by atoms with Crippen LogP contribution in [0, 0.1) is 0 Å². The predicted octanol–water partition coefficient (Wildman–Crippen LogP) is 3.20. The van der Waals surface area contributed by atoms with E-state index in [1.807, 2.05) is 30.3 Å². The number of aromatic nitrogens is 2. The first kappa shape index (κ1) is 21.5. The zero-order chi connectivity index (χ0) is 22.3. The summed E-state index contributed by atoms with van der Waals surface area (Å²) < 4.78 is 10.9. The molecule has 0 spiro atoms. The van der Waals surface area contributed by atoms with Crippen molar-refractivity contribution in [2.75, 3.05) is 43.1 Å². The highest BCUT2D eigenvalue weighted by molar-refractivity contribution is 5.94. The van der Waals surface area contributed by atoms with Crippen molar-refractivity contribution in [1.29, 1.82) is 0 Å². The minimum Gasteiger partial charge on any atom is -0.484 e. The molecule has 32 heavy (non-hydrogen) atoms. The van der Waals surface area contributed by atoms with Crippen LogP contribution >= 0.6 is 0 Å². The molecule has 1 N–H and O–H groups in total. The van der Waals surface area contributed by atoms with E-state index in [2.05, 4.69) is 20.4 Å². The normalized spacial score (nSPS) is 13.5. The van der Waals surface area contributed by atoms with Gasteiger partial charge >= 0.3 is 0 Å². The summed E-state index contributed by atoms with van der Waals surface area (Å²) in [6, 6.07) is 18.0. The molecular weight excluding hydrogens is 408 g/mol. The first-order valence-electron chi connectivity index (χ1n) is 10.4. The van der Waals surface area contributed by atoms with E-state index in [-0.39, 0.29) is 18.3 Å². The van der Waals surface area contributed by atoms with Crippen LogP contribution in [0.15, 0.2) is 60.7 Å². The molecule has 0 saturated carbocycles. The minimum atomic E-state index is -0.286. The van der Waals surface area contributed by atoms with Crippen LogP contribution in [0.1, 0.15) is 17.3 Å². The largest absolute Gasteiger partial charge is 0.484 e. The fraction of sp³-hybridized carbons (Fsp3) is 0.250. The molecule has 164 valence electrons. The number of rotatable bonds is 7. The highest BCUT2D eigenvalue weighted by Crippen LogP contribution is 2.22. The Hall–Kier alpha value is -3.78. The average molecular weight is 432 g/mol. The van der Waals surface area contributed by atoms with Gasteiger partial charge < -0.3 is 19.7 Å². The maximum Gasteiger partial charge on any atom is 0.262 e. The van der Waals surface area contributed by atoms with Crippen LogP contribution in [-0.2, 0) is 9.53 Å². The number of ketones is 1. The SMILES string of the molecule is CC(=O)c1ccc(OCC(=O)Nc2cccc(-c3ccc(N4CCOCC4)nn3)c2)cc1. The number of hydrogen-bond acceptors (Lipinski definition) is 7. The van der Waals surface area contributed by atoms with Gasteiger partial charge in [0, 0.05) is 29.9 Å². The Morgan fingerprint density at radius 3 is 2.50 bits per heavy atom. The maximum absolute atomic E-state index is 12.3. The summed E-state index contributed by atoms with van der Waals surface area (Å²) in [7, 11) is 0. The number of carbonyl (C=O) groups is 2. The molecular formula is C24H24N4O4. The Labute approximate surface area is 186 Å². The van der Waals surface area contributed by atoms with Gasteiger partial charge in [0.25, 0.3) is 5.91 Å². The first-order chi connectivity index (χ1) is 15.6. The van der Waals surface area contributed by atoms with Crippen molar-refractivity contribution < 1.29 is 19.1 Å². The predicted molar refractivity (Wildman–Crippen MR) is 121 cm³/mol. The van der Waals surface area contributed by atoms with Crippen molar-refractivity contribution >= 4 is 23.2 Å². The Morgan fingerprint density at radius 2 is 1.81 bits per heavy atom. The second kappa shape index (κ2) is 10.0. The summed E-state index contributed by atoms with van der Waals surface area (Å²) >= 11 is 0. The van der Waals surface area contributed by atoms with E-state index in [0.717, 1.165) is 30.2 Å². The summed E-state index contributed by atoms with van der Waals surface area (Å²) in [5.74, 6) is 1.05. The van der Waals surface area contributed by atoms with Crippen molar-refractivity contribution in [1.82, 2.24) is 10.2 Å². The quantitative estimate of drug-likeness (QED) is 0.573. The third-order valence-electron chi connectivity index (χ3n) is 5.06. The average Bonchev–Trinajstić information content (AvgIpc) is 2.84. The van der Waals surface area contributed by atoms with E-state index in [4.69, 9.17) is 9.47 Å². The molecule has 1 aliphatic rings. The van der Waals surface area contributed by atoms with Gasteiger partial charge in [-0.05, 0) is 55.5 Å².